The lowest BCUT2D eigenvalue weighted by Gasteiger charge is -2.16. The van der Waals surface area contributed by atoms with Crippen molar-refractivity contribution in [3.05, 3.63) is 29.0 Å². The number of amides is 1. The van der Waals surface area contributed by atoms with Gasteiger partial charge < -0.3 is 4.90 Å². The molecule has 1 unspecified atom stereocenters. The van der Waals surface area contributed by atoms with Crippen molar-refractivity contribution in [1.82, 2.24) is 9.88 Å². The molecule has 98 valence electrons. The molecule has 1 aromatic heterocycles. The van der Waals surface area contributed by atoms with Crippen LogP contribution in [0.25, 0.3) is 0 Å². The predicted octanol–water partition coefficient (Wildman–Crippen LogP) is 0.124. The van der Waals surface area contributed by atoms with Crippen LogP contribution in [0.5, 0.6) is 0 Å². The van der Waals surface area contributed by atoms with E-state index in [0.717, 1.165) is 0 Å². The Morgan fingerprint density at radius 2 is 2.28 bits per heavy atom. The smallest absolute Gasteiger partial charge is 0.224 e. The Morgan fingerprint density at radius 1 is 1.56 bits per heavy atom. The molecule has 18 heavy (non-hydrogen) atoms. The van der Waals surface area contributed by atoms with Crippen LogP contribution in [0, 0.1) is 0 Å². The van der Waals surface area contributed by atoms with Crippen molar-refractivity contribution in [3.8, 4) is 0 Å². The summed E-state index contributed by atoms with van der Waals surface area (Å²) in [5, 5.41) is 4.52. The second-order valence-electron chi connectivity index (χ2n) is 4.14. The summed E-state index contributed by atoms with van der Waals surface area (Å²) in [5.41, 5.74) is 0.683. The second kappa shape index (κ2) is 4.83. The van der Waals surface area contributed by atoms with Gasteiger partial charge in [-0.25, -0.2) is 18.5 Å². The first-order valence-corrected chi connectivity index (χ1v) is 7.25. The minimum atomic E-state index is -3.68. The summed E-state index contributed by atoms with van der Waals surface area (Å²) < 4.78 is 22.4. The minimum absolute atomic E-state index is 0.0727. The van der Waals surface area contributed by atoms with Gasteiger partial charge in [0.05, 0.1) is 0 Å². The van der Waals surface area contributed by atoms with E-state index in [0.29, 0.717) is 10.7 Å². The van der Waals surface area contributed by atoms with Crippen molar-refractivity contribution in [2.24, 2.45) is 5.14 Å². The lowest BCUT2D eigenvalue weighted by Crippen LogP contribution is -2.32. The van der Waals surface area contributed by atoms with E-state index in [4.69, 9.17) is 16.7 Å². The van der Waals surface area contributed by atoms with Gasteiger partial charge in [0.25, 0.3) is 0 Å². The first-order valence-electron chi connectivity index (χ1n) is 5.26. The van der Waals surface area contributed by atoms with Crippen molar-refractivity contribution >= 4 is 27.5 Å². The fraction of sp³-hybridized carbons (Fsp3) is 0.400. The average Bonchev–Trinajstić information content (AvgIpc) is 2.63. The number of pyridine rings is 1. The summed E-state index contributed by atoms with van der Waals surface area (Å²) in [6, 6.07) is 3.45. The number of hydrogen-bond acceptors (Lipinski definition) is 4. The van der Waals surface area contributed by atoms with E-state index in [1.54, 1.807) is 18.3 Å². The molecular formula is C10H12ClN3O3S. The maximum atomic E-state index is 11.7. The zero-order chi connectivity index (χ0) is 13.3. The molecule has 0 aliphatic carbocycles. The number of primary sulfonamides is 1. The Kier molecular flexibility index (Phi) is 3.56. The Balaban J connectivity index is 2.13. The van der Waals surface area contributed by atoms with Crippen LogP contribution in [-0.2, 0) is 21.4 Å². The van der Waals surface area contributed by atoms with E-state index in [1.807, 2.05) is 0 Å². The van der Waals surface area contributed by atoms with Gasteiger partial charge >= 0.3 is 0 Å². The van der Waals surface area contributed by atoms with Gasteiger partial charge in [-0.3, -0.25) is 4.79 Å². The summed E-state index contributed by atoms with van der Waals surface area (Å²) in [5.74, 6) is -0.242. The number of carbonyl (C=O) groups is 1. The number of halogens is 1. The second-order valence-corrected chi connectivity index (χ2v) is 6.35. The van der Waals surface area contributed by atoms with Crippen LogP contribution < -0.4 is 5.14 Å². The molecular weight excluding hydrogens is 278 g/mol. The van der Waals surface area contributed by atoms with Crippen LogP contribution >= 0.6 is 11.6 Å². The normalized spacial score (nSPS) is 20.4. The van der Waals surface area contributed by atoms with Crippen molar-refractivity contribution < 1.29 is 13.2 Å². The zero-order valence-electron chi connectivity index (χ0n) is 9.41. The first kappa shape index (κ1) is 13.3. The molecule has 0 spiro atoms. The molecule has 1 amide bonds. The molecule has 0 aromatic carbocycles. The van der Waals surface area contributed by atoms with E-state index < -0.39 is 15.3 Å². The standard InChI is InChI=1S/C10H12ClN3O3S/c11-10-7(2-1-3-13-10)5-14-6-8(4-9(14)15)18(12,16)17/h1-3,8H,4-6H2,(H2,12,16,17). The number of nitrogens with zero attached hydrogens (tertiary/aromatic N) is 2. The number of likely N-dealkylation sites (tertiary alicyclic amines) is 1. The Labute approximate surface area is 110 Å². The Morgan fingerprint density at radius 3 is 2.83 bits per heavy atom. The van der Waals surface area contributed by atoms with Gasteiger partial charge in [0.1, 0.15) is 10.4 Å². The van der Waals surface area contributed by atoms with Crippen molar-refractivity contribution in [2.45, 2.75) is 18.2 Å². The average molecular weight is 290 g/mol. The van der Waals surface area contributed by atoms with Crippen LogP contribution in [-0.4, -0.2) is 36.0 Å². The number of nitrogens with two attached hydrogens (primary N) is 1. The Bertz CT molecular complexity index is 575. The third kappa shape index (κ3) is 2.80. The summed E-state index contributed by atoms with van der Waals surface area (Å²) in [6.45, 7) is 0.348. The number of carbonyl (C=O) groups excluding carboxylic acids is 1. The minimum Gasteiger partial charge on any atom is -0.337 e. The summed E-state index contributed by atoms with van der Waals surface area (Å²) in [7, 11) is -3.68. The summed E-state index contributed by atoms with van der Waals surface area (Å²) in [4.78, 5) is 17.0. The number of rotatable bonds is 3. The molecule has 1 atom stereocenters. The largest absolute Gasteiger partial charge is 0.337 e. The third-order valence-corrected chi connectivity index (χ3v) is 4.43. The number of sulfonamides is 1. The molecule has 8 heteroatoms. The molecule has 1 aliphatic rings. The molecule has 6 nitrogen and oxygen atoms in total. The van der Waals surface area contributed by atoms with Crippen LogP contribution in [0.4, 0.5) is 0 Å². The maximum absolute atomic E-state index is 11.7. The molecule has 1 fully saturated rings. The van der Waals surface area contributed by atoms with Crippen LogP contribution in [0.1, 0.15) is 12.0 Å². The highest BCUT2D eigenvalue weighted by molar-refractivity contribution is 7.89. The van der Waals surface area contributed by atoms with E-state index >= 15 is 0 Å². The third-order valence-electron chi connectivity index (χ3n) is 2.84. The van der Waals surface area contributed by atoms with Gasteiger partial charge in [-0.05, 0) is 6.07 Å². The number of hydrogen-bond donors (Lipinski definition) is 1. The highest BCUT2D eigenvalue weighted by atomic mass is 35.5. The van der Waals surface area contributed by atoms with Crippen molar-refractivity contribution in [2.75, 3.05) is 6.54 Å². The molecule has 1 aromatic rings. The number of aromatic nitrogens is 1. The monoisotopic (exact) mass is 289 g/mol. The van der Waals surface area contributed by atoms with E-state index in [9.17, 15) is 13.2 Å². The lowest BCUT2D eigenvalue weighted by molar-refractivity contribution is -0.128. The van der Waals surface area contributed by atoms with Crippen LogP contribution in [0.15, 0.2) is 18.3 Å². The van der Waals surface area contributed by atoms with E-state index in [-0.39, 0.29) is 25.4 Å². The van der Waals surface area contributed by atoms with Gasteiger partial charge in [-0.15, -0.1) is 0 Å². The van der Waals surface area contributed by atoms with Gasteiger partial charge in [-0.1, -0.05) is 17.7 Å². The van der Waals surface area contributed by atoms with Crippen LogP contribution in [0.2, 0.25) is 5.15 Å². The van der Waals surface area contributed by atoms with Crippen molar-refractivity contribution in [1.29, 1.82) is 0 Å². The topological polar surface area (TPSA) is 93.4 Å². The van der Waals surface area contributed by atoms with Crippen LogP contribution in [0.3, 0.4) is 0 Å². The quantitative estimate of drug-likeness (QED) is 0.800. The summed E-state index contributed by atoms with van der Waals surface area (Å²) in [6.07, 6.45) is 1.47. The molecule has 2 N–H and O–H groups in total. The highest BCUT2D eigenvalue weighted by Gasteiger charge is 2.36. The zero-order valence-corrected chi connectivity index (χ0v) is 11.0. The maximum Gasteiger partial charge on any atom is 0.224 e. The van der Waals surface area contributed by atoms with Gasteiger partial charge in [-0.2, -0.15) is 0 Å². The molecule has 0 saturated carbocycles. The van der Waals surface area contributed by atoms with E-state index in [2.05, 4.69) is 4.98 Å². The molecule has 2 heterocycles. The fourth-order valence-corrected chi connectivity index (χ4v) is 2.79. The van der Waals surface area contributed by atoms with Crippen molar-refractivity contribution in [3.63, 3.8) is 0 Å². The Hall–Kier alpha value is -1.18. The highest BCUT2D eigenvalue weighted by Crippen LogP contribution is 2.21. The SMILES string of the molecule is NS(=O)(=O)C1CC(=O)N(Cc2cccnc2Cl)C1. The first-order chi connectivity index (χ1) is 8.38. The molecule has 0 bridgehead atoms. The predicted molar refractivity (Wildman–Crippen MR) is 66.2 cm³/mol. The van der Waals surface area contributed by atoms with Gasteiger partial charge in [0.15, 0.2) is 0 Å². The molecule has 1 aliphatic heterocycles. The fourth-order valence-electron chi connectivity index (χ4n) is 1.85. The molecule has 2 rings (SSSR count). The van der Waals surface area contributed by atoms with Gasteiger partial charge in [0.2, 0.25) is 15.9 Å². The molecule has 1 saturated heterocycles. The van der Waals surface area contributed by atoms with Gasteiger partial charge in [0, 0.05) is 31.3 Å². The molecule has 0 radical (unpaired) electrons. The van der Waals surface area contributed by atoms with E-state index in [1.165, 1.54) is 4.90 Å². The lowest BCUT2D eigenvalue weighted by atomic mass is 10.3. The summed E-state index contributed by atoms with van der Waals surface area (Å²) >= 11 is 5.88.